The van der Waals surface area contributed by atoms with E-state index in [4.69, 9.17) is 23.2 Å². The van der Waals surface area contributed by atoms with Crippen molar-refractivity contribution < 1.29 is 5.11 Å². The zero-order valence-corrected chi connectivity index (χ0v) is 16.9. The molecule has 1 unspecified atom stereocenters. The van der Waals surface area contributed by atoms with Crippen LogP contribution in [-0.4, -0.2) is 33.2 Å². The number of anilines is 3. The second-order valence-corrected chi connectivity index (χ2v) is 7.81. The molecule has 0 saturated heterocycles. The van der Waals surface area contributed by atoms with E-state index in [-0.39, 0.29) is 11.8 Å². The average Bonchev–Trinajstić information content (AvgIpc) is 3.08. The van der Waals surface area contributed by atoms with Crippen molar-refractivity contribution in [3.05, 3.63) is 58.0 Å². The van der Waals surface area contributed by atoms with E-state index in [0.717, 1.165) is 16.8 Å². The Morgan fingerprint density at radius 3 is 2.90 bits per heavy atom. The van der Waals surface area contributed by atoms with E-state index >= 15 is 0 Å². The number of nitrogens with one attached hydrogen (secondary N) is 2. The van der Waals surface area contributed by atoms with Gasteiger partial charge < -0.3 is 15.7 Å². The largest absolute Gasteiger partial charge is 0.395 e. The highest BCUT2D eigenvalue weighted by atomic mass is 35.5. The van der Waals surface area contributed by atoms with Gasteiger partial charge in [-0.15, -0.1) is 0 Å². The average molecular weight is 427 g/mol. The van der Waals surface area contributed by atoms with E-state index in [1.165, 1.54) is 6.20 Å². The van der Waals surface area contributed by atoms with Crippen LogP contribution in [0.1, 0.15) is 18.1 Å². The quantitative estimate of drug-likeness (QED) is 0.538. The number of fused-ring (bicyclic) bond motifs is 1. The van der Waals surface area contributed by atoms with E-state index < -0.39 is 5.41 Å². The maximum atomic E-state index is 9.87. The number of rotatable bonds is 4. The van der Waals surface area contributed by atoms with Crippen LogP contribution in [0.5, 0.6) is 0 Å². The van der Waals surface area contributed by atoms with Crippen molar-refractivity contribution in [1.82, 2.24) is 15.0 Å². The summed E-state index contributed by atoms with van der Waals surface area (Å²) in [5, 5.41) is 26.4. The van der Waals surface area contributed by atoms with Crippen LogP contribution in [0.25, 0.3) is 11.3 Å². The van der Waals surface area contributed by atoms with Crippen molar-refractivity contribution >= 4 is 40.5 Å². The molecule has 3 N–H and O–H groups in total. The number of hydrogen-bond acceptors (Lipinski definition) is 7. The molecule has 0 saturated carbocycles. The Hall–Kier alpha value is -2.92. The normalized spacial score (nSPS) is 17.3. The number of nitriles is 1. The third kappa shape index (κ3) is 3.58. The minimum atomic E-state index is -0.467. The molecule has 0 spiro atoms. The number of aromatic nitrogens is 3. The van der Waals surface area contributed by atoms with Crippen LogP contribution in [0.4, 0.5) is 17.3 Å². The lowest BCUT2D eigenvalue weighted by atomic mass is 9.83. The van der Waals surface area contributed by atoms with Crippen molar-refractivity contribution in [2.75, 3.05) is 23.8 Å². The van der Waals surface area contributed by atoms with E-state index in [0.29, 0.717) is 34.5 Å². The number of pyridine rings is 1. The molecule has 1 aromatic carbocycles. The topological polar surface area (TPSA) is 107 Å². The minimum absolute atomic E-state index is 0.0296. The van der Waals surface area contributed by atoms with Gasteiger partial charge in [0.05, 0.1) is 34.3 Å². The summed E-state index contributed by atoms with van der Waals surface area (Å²) in [5.74, 6) is 0.315. The molecule has 3 aromatic rings. The van der Waals surface area contributed by atoms with Crippen LogP contribution in [0.3, 0.4) is 0 Å². The van der Waals surface area contributed by atoms with Crippen LogP contribution in [0.15, 0.2) is 36.7 Å². The Morgan fingerprint density at radius 1 is 1.31 bits per heavy atom. The molecule has 2 aromatic heterocycles. The number of benzene rings is 1. The van der Waals surface area contributed by atoms with Gasteiger partial charge in [-0.25, -0.2) is 15.0 Å². The van der Waals surface area contributed by atoms with Gasteiger partial charge in [0.1, 0.15) is 6.07 Å². The van der Waals surface area contributed by atoms with Crippen molar-refractivity contribution in [2.24, 2.45) is 0 Å². The predicted octanol–water partition coefficient (Wildman–Crippen LogP) is 4.14. The number of hydrogen-bond donors (Lipinski definition) is 3. The molecule has 1 aliphatic heterocycles. The van der Waals surface area contributed by atoms with E-state index in [1.807, 2.05) is 13.0 Å². The molecule has 3 heterocycles. The zero-order valence-electron chi connectivity index (χ0n) is 15.4. The monoisotopic (exact) mass is 426 g/mol. The molecule has 29 heavy (non-hydrogen) atoms. The lowest BCUT2D eigenvalue weighted by molar-refractivity contribution is 0.219. The molecule has 4 rings (SSSR count). The van der Waals surface area contributed by atoms with Gasteiger partial charge in [-0.05, 0) is 29.8 Å². The number of aliphatic hydroxyl groups is 1. The first-order chi connectivity index (χ1) is 13.9. The first-order valence-corrected chi connectivity index (χ1v) is 9.54. The number of aliphatic hydroxyl groups excluding tert-OH is 1. The molecule has 0 fully saturated rings. The van der Waals surface area contributed by atoms with Gasteiger partial charge >= 0.3 is 0 Å². The molecule has 146 valence electrons. The Kier molecular flexibility index (Phi) is 5.01. The van der Waals surface area contributed by atoms with E-state index in [1.54, 1.807) is 24.4 Å². The number of nitrogens with zero attached hydrogens (tertiary/aromatic N) is 4. The molecule has 0 aliphatic carbocycles. The first-order valence-electron chi connectivity index (χ1n) is 8.78. The Balaban J connectivity index is 1.75. The first kappa shape index (κ1) is 19.4. The van der Waals surface area contributed by atoms with E-state index in [2.05, 4.69) is 31.7 Å². The van der Waals surface area contributed by atoms with Crippen molar-refractivity contribution in [3.63, 3.8) is 0 Å². The summed E-state index contributed by atoms with van der Waals surface area (Å²) in [5.41, 5.74) is 3.56. The molecule has 1 aliphatic rings. The van der Waals surface area contributed by atoms with Gasteiger partial charge in [-0.3, -0.25) is 0 Å². The summed E-state index contributed by atoms with van der Waals surface area (Å²) in [6.45, 7) is 2.49. The van der Waals surface area contributed by atoms with Crippen molar-refractivity contribution in [3.8, 4) is 17.3 Å². The van der Waals surface area contributed by atoms with Gasteiger partial charge in [0.25, 0.3) is 0 Å². The SMILES string of the molecule is CC1(CO)CNc2c(C#N)cc(-c3ccnc(Nc4cc(Cl)cnc4Cl)n3)cc21. The third-order valence-electron chi connectivity index (χ3n) is 4.92. The van der Waals surface area contributed by atoms with Gasteiger partial charge in [-0.2, -0.15) is 5.26 Å². The highest BCUT2D eigenvalue weighted by Gasteiger charge is 2.35. The van der Waals surface area contributed by atoms with Gasteiger partial charge in [0.15, 0.2) is 5.15 Å². The third-order valence-corrected chi connectivity index (χ3v) is 5.42. The van der Waals surface area contributed by atoms with Gasteiger partial charge in [0.2, 0.25) is 5.95 Å². The molecular formula is C20H16Cl2N6O. The summed E-state index contributed by atoms with van der Waals surface area (Å²) >= 11 is 12.1. The fraction of sp³-hybridized carbons (Fsp3) is 0.200. The lowest BCUT2D eigenvalue weighted by Crippen LogP contribution is -2.28. The molecule has 7 nitrogen and oxygen atoms in total. The highest BCUT2D eigenvalue weighted by molar-refractivity contribution is 6.34. The molecule has 0 radical (unpaired) electrons. The summed E-state index contributed by atoms with van der Waals surface area (Å²) in [6.07, 6.45) is 3.06. The van der Waals surface area contributed by atoms with Gasteiger partial charge in [-0.1, -0.05) is 30.1 Å². The highest BCUT2D eigenvalue weighted by Crippen LogP contribution is 2.41. The lowest BCUT2D eigenvalue weighted by Gasteiger charge is -2.21. The van der Waals surface area contributed by atoms with Crippen molar-refractivity contribution in [1.29, 1.82) is 5.26 Å². The smallest absolute Gasteiger partial charge is 0.227 e. The predicted molar refractivity (Wildman–Crippen MR) is 113 cm³/mol. The maximum absolute atomic E-state index is 9.87. The maximum Gasteiger partial charge on any atom is 0.227 e. The Labute approximate surface area is 177 Å². The van der Waals surface area contributed by atoms with Crippen LogP contribution >= 0.6 is 23.2 Å². The van der Waals surface area contributed by atoms with Gasteiger partial charge in [0, 0.05) is 29.9 Å². The molecule has 0 bridgehead atoms. The second kappa shape index (κ2) is 7.48. The summed E-state index contributed by atoms with van der Waals surface area (Å²) < 4.78 is 0. The Bertz CT molecular complexity index is 1150. The summed E-state index contributed by atoms with van der Waals surface area (Å²) in [7, 11) is 0. The second-order valence-electron chi connectivity index (χ2n) is 7.01. The van der Waals surface area contributed by atoms with Crippen LogP contribution in [0, 0.1) is 11.3 Å². The van der Waals surface area contributed by atoms with E-state index in [9.17, 15) is 10.4 Å². The van der Waals surface area contributed by atoms with Crippen LogP contribution < -0.4 is 10.6 Å². The number of halogens is 2. The minimum Gasteiger partial charge on any atom is -0.395 e. The molecule has 1 atom stereocenters. The molecule has 0 amide bonds. The van der Waals surface area contributed by atoms with Crippen molar-refractivity contribution in [2.45, 2.75) is 12.3 Å². The standard InChI is InChI=1S/C20H16Cl2N6O/c1-20(10-29)9-26-17-12(7-23)4-11(5-14(17)20)15-2-3-24-19(27-15)28-16-6-13(21)8-25-18(16)22/h2-6,8,26,29H,9-10H2,1H3,(H,24,27,28). The van der Waals surface area contributed by atoms with Crippen LogP contribution in [-0.2, 0) is 5.41 Å². The van der Waals surface area contributed by atoms with Crippen LogP contribution in [0.2, 0.25) is 10.2 Å². The molecule has 9 heteroatoms. The molecular weight excluding hydrogens is 411 g/mol. The summed E-state index contributed by atoms with van der Waals surface area (Å²) in [6, 6.07) is 9.34. The zero-order chi connectivity index (χ0) is 20.6. The fourth-order valence-electron chi connectivity index (χ4n) is 3.27. The Morgan fingerprint density at radius 2 is 2.14 bits per heavy atom. The fourth-order valence-corrected chi connectivity index (χ4v) is 3.58. The summed E-state index contributed by atoms with van der Waals surface area (Å²) in [4.78, 5) is 12.8.